The average molecular weight is 364 g/mol. The number of carbonyl (C=O) groups is 1. The van der Waals surface area contributed by atoms with Crippen molar-refractivity contribution in [2.24, 2.45) is 5.92 Å². The van der Waals surface area contributed by atoms with E-state index < -0.39 is 0 Å². The molecule has 0 spiro atoms. The summed E-state index contributed by atoms with van der Waals surface area (Å²) in [6.45, 7) is 10.8. The molecule has 1 amide bonds. The van der Waals surface area contributed by atoms with Crippen LogP contribution in [0.5, 0.6) is 0 Å². The molecule has 5 heteroatoms. The van der Waals surface area contributed by atoms with Crippen LogP contribution in [0.3, 0.4) is 0 Å². The molecule has 0 radical (unpaired) electrons. The Morgan fingerprint density at radius 1 is 1.20 bits per heavy atom. The first-order valence-electron chi connectivity index (χ1n) is 9.84. The Labute approximate surface area is 156 Å². The van der Waals surface area contributed by atoms with Gasteiger partial charge in [-0.2, -0.15) is 0 Å². The second-order valence-electron chi connectivity index (χ2n) is 7.79. The number of carbonyl (C=O) groups excluding carboxylic acids is 1. The van der Waals surface area contributed by atoms with E-state index in [0.29, 0.717) is 5.92 Å². The molecule has 2 fully saturated rings. The summed E-state index contributed by atoms with van der Waals surface area (Å²) in [5.41, 5.74) is 1.12. The topological polar surface area (TPSA) is 26.8 Å². The first-order chi connectivity index (χ1) is 12.1. The highest BCUT2D eigenvalue weighted by atomic mass is 32.1. The molecule has 2 aliphatic heterocycles. The van der Waals surface area contributed by atoms with Gasteiger partial charge in [0.2, 0.25) is 0 Å². The largest absolute Gasteiger partial charge is 0.338 e. The molecular weight excluding hydrogens is 330 g/mol. The number of rotatable bonds is 5. The SMILES string of the molecule is CCN(CC1CCN(C2CCN(C)CC2)CC1)C(=O)c1sccc1C. The number of likely N-dealkylation sites (tertiary alicyclic amines) is 2. The summed E-state index contributed by atoms with van der Waals surface area (Å²) in [5, 5.41) is 2.02. The van der Waals surface area contributed by atoms with E-state index in [1.807, 2.05) is 18.4 Å². The first-order valence-corrected chi connectivity index (χ1v) is 10.7. The van der Waals surface area contributed by atoms with Crippen LogP contribution in [0, 0.1) is 12.8 Å². The minimum absolute atomic E-state index is 0.229. The van der Waals surface area contributed by atoms with Crippen molar-refractivity contribution in [2.75, 3.05) is 46.3 Å². The highest BCUT2D eigenvalue weighted by Crippen LogP contribution is 2.25. The summed E-state index contributed by atoms with van der Waals surface area (Å²) in [6.07, 6.45) is 5.11. The molecule has 0 saturated carbocycles. The first kappa shape index (κ1) is 18.9. The van der Waals surface area contributed by atoms with Crippen LogP contribution in [0.4, 0.5) is 0 Å². The molecule has 140 valence electrons. The zero-order valence-corrected chi connectivity index (χ0v) is 16.9. The molecule has 0 atom stereocenters. The number of hydrogen-bond donors (Lipinski definition) is 0. The molecule has 25 heavy (non-hydrogen) atoms. The molecular formula is C20H33N3OS. The summed E-state index contributed by atoms with van der Waals surface area (Å²) >= 11 is 1.58. The van der Waals surface area contributed by atoms with E-state index in [4.69, 9.17) is 0 Å². The van der Waals surface area contributed by atoms with Gasteiger partial charge in [-0.3, -0.25) is 4.79 Å². The fourth-order valence-electron chi connectivity index (χ4n) is 4.26. The van der Waals surface area contributed by atoms with Gasteiger partial charge in [0.1, 0.15) is 0 Å². The molecule has 2 saturated heterocycles. The third-order valence-corrected chi connectivity index (χ3v) is 7.06. The second-order valence-corrected chi connectivity index (χ2v) is 8.71. The van der Waals surface area contributed by atoms with Gasteiger partial charge in [0, 0.05) is 19.1 Å². The maximum atomic E-state index is 12.8. The van der Waals surface area contributed by atoms with E-state index in [2.05, 4.69) is 28.7 Å². The molecule has 1 aromatic rings. The Kier molecular flexibility index (Phi) is 6.53. The summed E-state index contributed by atoms with van der Waals surface area (Å²) in [7, 11) is 2.23. The molecule has 0 unspecified atom stereocenters. The molecule has 0 aromatic carbocycles. The van der Waals surface area contributed by atoms with Crippen molar-refractivity contribution in [3.63, 3.8) is 0 Å². The third kappa shape index (κ3) is 4.63. The van der Waals surface area contributed by atoms with Crippen molar-refractivity contribution in [2.45, 2.75) is 45.6 Å². The fraction of sp³-hybridized carbons (Fsp3) is 0.750. The van der Waals surface area contributed by atoms with Crippen LogP contribution in [0.1, 0.15) is 47.8 Å². The highest BCUT2D eigenvalue weighted by molar-refractivity contribution is 7.12. The van der Waals surface area contributed by atoms with Gasteiger partial charge in [-0.15, -0.1) is 11.3 Å². The molecule has 4 nitrogen and oxygen atoms in total. The van der Waals surface area contributed by atoms with Gasteiger partial charge in [0.25, 0.3) is 5.91 Å². The van der Waals surface area contributed by atoms with E-state index >= 15 is 0 Å². The minimum Gasteiger partial charge on any atom is -0.338 e. The van der Waals surface area contributed by atoms with Crippen molar-refractivity contribution >= 4 is 17.2 Å². The average Bonchev–Trinajstić information content (AvgIpc) is 3.06. The maximum Gasteiger partial charge on any atom is 0.264 e. The molecule has 3 heterocycles. The van der Waals surface area contributed by atoms with Gasteiger partial charge >= 0.3 is 0 Å². The summed E-state index contributed by atoms with van der Waals surface area (Å²) in [4.78, 5) is 20.9. The van der Waals surface area contributed by atoms with Gasteiger partial charge in [-0.1, -0.05) is 0 Å². The van der Waals surface area contributed by atoms with Crippen molar-refractivity contribution in [3.05, 3.63) is 21.9 Å². The predicted octanol–water partition coefficient (Wildman–Crippen LogP) is 3.32. The molecule has 0 aliphatic carbocycles. The van der Waals surface area contributed by atoms with Crippen molar-refractivity contribution in [3.8, 4) is 0 Å². The normalized spacial score (nSPS) is 21.6. The van der Waals surface area contributed by atoms with Gasteiger partial charge in [0.05, 0.1) is 4.88 Å². The number of thiophene rings is 1. The second kappa shape index (κ2) is 8.65. The lowest BCUT2D eigenvalue weighted by atomic mass is 9.93. The van der Waals surface area contributed by atoms with Crippen LogP contribution in [0.2, 0.25) is 0 Å². The molecule has 0 N–H and O–H groups in total. The Morgan fingerprint density at radius 2 is 1.88 bits per heavy atom. The Balaban J connectivity index is 1.49. The summed E-state index contributed by atoms with van der Waals surface area (Å²) < 4.78 is 0. The van der Waals surface area contributed by atoms with Crippen LogP contribution in [0.25, 0.3) is 0 Å². The van der Waals surface area contributed by atoms with Crippen molar-refractivity contribution < 1.29 is 4.79 Å². The van der Waals surface area contributed by atoms with Crippen LogP contribution < -0.4 is 0 Å². The van der Waals surface area contributed by atoms with Crippen LogP contribution in [0.15, 0.2) is 11.4 Å². The predicted molar refractivity (Wildman–Crippen MR) is 105 cm³/mol. The minimum atomic E-state index is 0.229. The van der Waals surface area contributed by atoms with Crippen molar-refractivity contribution in [1.29, 1.82) is 0 Å². The lowest BCUT2D eigenvalue weighted by Gasteiger charge is -2.41. The monoisotopic (exact) mass is 363 g/mol. The lowest BCUT2D eigenvalue weighted by Crippen LogP contribution is -2.48. The number of nitrogens with zero attached hydrogens (tertiary/aromatic N) is 3. The van der Waals surface area contributed by atoms with Crippen molar-refractivity contribution in [1.82, 2.24) is 14.7 Å². The zero-order valence-electron chi connectivity index (χ0n) is 16.0. The number of hydrogen-bond acceptors (Lipinski definition) is 4. The van der Waals surface area contributed by atoms with E-state index in [1.165, 1.54) is 51.9 Å². The van der Waals surface area contributed by atoms with Gasteiger partial charge in [0.15, 0.2) is 0 Å². The van der Waals surface area contributed by atoms with E-state index in [-0.39, 0.29) is 5.91 Å². The maximum absolute atomic E-state index is 12.8. The molecule has 0 bridgehead atoms. The van der Waals surface area contributed by atoms with Gasteiger partial charge in [-0.25, -0.2) is 0 Å². The Morgan fingerprint density at radius 3 is 2.44 bits per heavy atom. The fourth-order valence-corrected chi connectivity index (χ4v) is 5.16. The quantitative estimate of drug-likeness (QED) is 0.803. The van der Waals surface area contributed by atoms with Gasteiger partial charge < -0.3 is 14.7 Å². The number of amides is 1. The molecule has 2 aliphatic rings. The van der Waals surface area contributed by atoms with Crippen LogP contribution >= 0.6 is 11.3 Å². The number of aryl methyl sites for hydroxylation is 1. The standard InChI is InChI=1S/C20H33N3OS/c1-4-22(20(24)19-16(2)9-14-25-19)15-17-5-12-23(13-6-17)18-7-10-21(3)11-8-18/h9,14,17-18H,4-8,10-13,15H2,1-3H3. The summed E-state index contributed by atoms with van der Waals surface area (Å²) in [6, 6.07) is 2.83. The molecule has 3 rings (SSSR count). The van der Waals surface area contributed by atoms with Crippen LogP contribution in [-0.2, 0) is 0 Å². The van der Waals surface area contributed by atoms with Crippen LogP contribution in [-0.4, -0.2) is 73.0 Å². The zero-order chi connectivity index (χ0) is 17.8. The van der Waals surface area contributed by atoms with E-state index in [0.717, 1.165) is 29.6 Å². The Bertz CT molecular complexity index is 557. The Hall–Kier alpha value is -0.910. The van der Waals surface area contributed by atoms with Gasteiger partial charge in [-0.05, 0) is 95.7 Å². The van der Waals surface area contributed by atoms with E-state index in [1.54, 1.807) is 11.3 Å². The van der Waals surface area contributed by atoms with E-state index in [9.17, 15) is 4.79 Å². The summed E-state index contributed by atoms with van der Waals surface area (Å²) in [5.74, 6) is 0.888. The smallest absolute Gasteiger partial charge is 0.264 e. The highest BCUT2D eigenvalue weighted by Gasteiger charge is 2.29. The molecule has 1 aromatic heterocycles. The lowest BCUT2D eigenvalue weighted by molar-refractivity contribution is 0.0614. The third-order valence-electron chi connectivity index (χ3n) is 6.06. The number of piperidine rings is 2.